The molecule has 0 bridgehead atoms. The van der Waals surface area contributed by atoms with E-state index in [0.29, 0.717) is 6.04 Å². The standard InChI is InChI=1S/C15H20N2/c1-12-5-7-15(8-6-12)17-11-14-4-2-3-13(9-14)10-16/h2-4,9,12,15,17H,5-8,11H2,1H3. The van der Waals surface area contributed by atoms with Gasteiger partial charge in [-0.2, -0.15) is 5.26 Å². The van der Waals surface area contributed by atoms with Crippen molar-refractivity contribution in [2.24, 2.45) is 5.92 Å². The van der Waals surface area contributed by atoms with Gasteiger partial charge in [0.25, 0.3) is 0 Å². The Morgan fingerprint density at radius 2 is 2.06 bits per heavy atom. The predicted octanol–water partition coefficient (Wildman–Crippen LogP) is 3.23. The van der Waals surface area contributed by atoms with Gasteiger partial charge in [0.2, 0.25) is 0 Å². The first-order valence-corrected chi connectivity index (χ1v) is 6.50. The molecular formula is C15H20N2. The van der Waals surface area contributed by atoms with Gasteiger partial charge < -0.3 is 5.32 Å². The number of rotatable bonds is 3. The second-order valence-corrected chi connectivity index (χ2v) is 5.15. The van der Waals surface area contributed by atoms with Crippen molar-refractivity contribution in [1.29, 1.82) is 5.26 Å². The highest BCUT2D eigenvalue weighted by Gasteiger charge is 2.17. The van der Waals surface area contributed by atoms with Crippen LogP contribution in [0.5, 0.6) is 0 Å². The largest absolute Gasteiger partial charge is 0.310 e. The van der Waals surface area contributed by atoms with Crippen LogP contribution in [0.1, 0.15) is 43.7 Å². The molecule has 2 nitrogen and oxygen atoms in total. The highest BCUT2D eigenvalue weighted by molar-refractivity contribution is 5.32. The molecule has 1 aliphatic rings. The van der Waals surface area contributed by atoms with Gasteiger partial charge in [0.1, 0.15) is 0 Å². The maximum atomic E-state index is 8.84. The second kappa shape index (κ2) is 5.84. The van der Waals surface area contributed by atoms with Crippen molar-refractivity contribution in [3.63, 3.8) is 0 Å². The summed E-state index contributed by atoms with van der Waals surface area (Å²) >= 11 is 0. The van der Waals surface area contributed by atoms with Gasteiger partial charge in [0, 0.05) is 12.6 Å². The third kappa shape index (κ3) is 3.57. The number of benzene rings is 1. The van der Waals surface area contributed by atoms with Crippen LogP contribution in [-0.2, 0) is 6.54 Å². The summed E-state index contributed by atoms with van der Waals surface area (Å²) in [5.41, 5.74) is 1.96. The van der Waals surface area contributed by atoms with E-state index >= 15 is 0 Å². The normalized spacial score (nSPS) is 24.2. The molecule has 0 amide bonds. The maximum Gasteiger partial charge on any atom is 0.0991 e. The molecule has 0 unspecified atom stereocenters. The van der Waals surface area contributed by atoms with E-state index in [4.69, 9.17) is 5.26 Å². The zero-order chi connectivity index (χ0) is 12.1. The number of nitrogens with one attached hydrogen (secondary N) is 1. The van der Waals surface area contributed by atoms with Crippen LogP contribution in [-0.4, -0.2) is 6.04 Å². The molecule has 0 atom stereocenters. The average Bonchev–Trinajstić information content (AvgIpc) is 2.38. The number of hydrogen-bond acceptors (Lipinski definition) is 2. The molecule has 2 rings (SSSR count). The van der Waals surface area contributed by atoms with Gasteiger partial charge in [-0.3, -0.25) is 0 Å². The Labute approximate surface area is 104 Å². The molecule has 0 radical (unpaired) electrons. The molecule has 1 aromatic rings. The molecule has 0 spiro atoms. The minimum Gasteiger partial charge on any atom is -0.310 e. The highest BCUT2D eigenvalue weighted by Crippen LogP contribution is 2.23. The van der Waals surface area contributed by atoms with E-state index in [1.807, 2.05) is 18.2 Å². The average molecular weight is 228 g/mol. The summed E-state index contributed by atoms with van der Waals surface area (Å²) in [7, 11) is 0. The van der Waals surface area contributed by atoms with Crippen molar-refractivity contribution in [2.45, 2.75) is 45.2 Å². The zero-order valence-electron chi connectivity index (χ0n) is 10.4. The Morgan fingerprint density at radius 1 is 1.29 bits per heavy atom. The molecule has 0 aliphatic heterocycles. The van der Waals surface area contributed by atoms with E-state index in [0.717, 1.165) is 18.0 Å². The lowest BCUT2D eigenvalue weighted by molar-refractivity contribution is 0.306. The minimum atomic E-state index is 0.664. The van der Waals surface area contributed by atoms with Gasteiger partial charge in [-0.1, -0.05) is 19.1 Å². The van der Waals surface area contributed by atoms with Crippen LogP contribution in [0.2, 0.25) is 0 Å². The van der Waals surface area contributed by atoms with E-state index in [1.54, 1.807) is 0 Å². The van der Waals surface area contributed by atoms with Crippen molar-refractivity contribution < 1.29 is 0 Å². The monoisotopic (exact) mass is 228 g/mol. The summed E-state index contributed by atoms with van der Waals surface area (Å²) in [6, 6.07) is 10.7. The Bertz CT molecular complexity index is 398. The molecule has 2 heteroatoms. The van der Waals surface area contributed by atoms with Crippen LogP contribution in [0.4, 0.5) is 0 Å². The summed E-state index contributed by atoms with van der Waals surface area (Å²) in [6.45, 7) is 3.22. The Kier molecular flexibility index (Phi) is 4.17. The summed E-state index contributed by atoms with van der Waals surface area (Å²) in [6.07, 6.45) is 5.27. The molecule has 17 heavy (non-hydrogen) atoms. The van der Waals surface area contributed by atoms with Crippen molar-refractivity contribution >= 4 is 0 Å². The number of nitriles is 1. The molecule has 90 valence electrons. The molecule has 1 aromatic carbocycles. The summed E-state index contributed by atoms with van der Waals surface area (Å²) in [4.78, 5) is 0. The molecular weight excluding hydrogens is 208 g/mol. The molecule has 0 saturated heterocycles. The lowest BCUT2D eigenvalue weighted by Crippen LogP contribution is -2.32. The smallest absolute Gasteiger partial charge is 0.0991 e. The quantitative estimate of drug-likeness (QED) is 0.862. The number of hydrogen-bond donors (Lipinski definition) is 1. The fraction of sp³-hybridized carbons (Fsp3) is 0.533. The lowest BCUT2D eigenvalue weighted by Gasteiger charge is -2.27. The van der Waals surface area contributed by atoms with Crippen LogP contribution in [0.15, 0.2) is 24.3 Å². The fourth-order valence-corrected chi connectivity index (χ4v) is 2.48. The second-order valence-electron chi connectivity index (χ2n) is 5.15. The molecule has 1 aliphatic carbocycles. The molecule has 1 N–H and O–H groups in total. The fourth-order valence-electron chi connectivity index (χ4n) is 2.48. The van der Waals surface area contributed by atoms with Gasteiger partial charge in [-0.25, -0.2) is 0 Å². The summed E-state index contributed by atoms with van der Waals surface area (Å²) < 4.78 is 0. The van der Waals surface area contributed by atoms with Gasteiger partial charge >= 0.3 is 0 Å². The van der Waals surface area contributed by atoms with Crippen LogP contribution in [0.25, 0.3) is 0 Å². The van der Waals surface area contributed by atoms with Crippen molar-refractivity contribution in [2.75, 3.05) is 0 Å². The number of nitrogens with zero attached hydrogens (tertiary/aromatic N) is 1. The SMILES string of the molecule is CC1CCC(NCc2cccc(C#N)c2)CC1. The van der Waals surface area contributed by atoms with Crippen molar-refractivity contribution in [3.8, 4) is 6.07 Å². The Morgan fingerprint density at radius 3 is 2.76 bits per heavy atom. The van der Waals surface area contributed by atoms with Crippen molar-refractivity contribution in [3.05, 3.63) is 35.4 Å². The van der Waals surface area contributed by atoms with Crippen LogP contribution in [0, 0.1) is 17.2 Å². The zero-order valence-corrected chi connectivity index (χ0v) is 10.4. The first-order chi connectivity index (χ1) is 8.28. The summed E-state index contributed by atoms with van der Waals surface area (Å²) in [5.74, 6) is 0.898. The van der Waals surface area contributed by atoms with Gasteiger partial charge in [0.05, 0.1) is 11.6 Å². The van der Waals surface area contributed by atoms with E-state index < -0.39 is 0 Å². The predicted molar refractivity (Wildman–Crippen MR) is 69.4 cm³/mol. The summed E-state index contributed by atoms with van der Waals surface area (Å²) in [5, 5.41) is 12.4. The van der Waals surface area contributed by atoms with Crippen LogP contribution in [0.3, 0.4) is 0 Å². The highest BCUT2D eigenvalue weighted by atomic mass is 14.9. The molecule has 0 aromatic heterocycles. The van der Waals surface area contributed by atoms with E-state index in [9.17, 15) is 0 Å². The van der Waals surface area contributed by atoms with E-state index in [1.165, 1.54) is 31.2 Å². The van der Waals surface area contributed by atoms with Gasteiger partial charge in [-0.15, -0.1) is 0 Å². The minimum absolute atomic E-state index is 0.664. The van der Waals surface area contributed by atoms with Crippen LogP contribution < -0.4 is 5.32 Å². The third-order valence-electron chi connectivity index (χ3n) is 3.67. The first kappa shape index (κ1) is 12.1. The van der Waals surface area contributed by atoms with E-state index in [2.05, 4.69) is 24.4 Å². The lowest BCUT2D eigenvalue weighted by atomic mass is 9.87. The van der Waals surface area contributed by atoms with Gasteiger partial charge in [0.15, 0.2) is 0 Å². The van der Waals surface area contributed by atoms with Crippen molar-refractivity contribution in [1.82, 2.24) is 5.32 Å². The first-order valence-electron chi connectivity index (χ1n) is 6.50. The molecule has 0 heterocycles. The maximum absolute atomic E-state index is 8.84. The Balaban J connectivity index is 1.83. The molecule has 1 saturated carbocycles. The molecule has 1 fully saturated rings. The van der Waals surface area contributed by atoms with Gasteiger partial charge in [-0.05, 0) is 49.3 Å². The van der Waals surface area contributed by atoms with Crippen LogP contribution >= 0.6 is 0 Å². The topological polar surface area (TPSA) is 35.8 Å². The Hall–Kier alpha value is -1.33. The van der Waals surface area contributed by atoms with E-state index in [-0.39, 0.29) is 0 Å². The third-order valence-corrected chi connectivity index (χ3v) is 3.67.